The SMILES string of the molecule is C=Cc1cc(OCC(=O)NC)cc(Cl)c1Cc1ccc(O)c(C(C)C)c1F. The molecule has 1 amide bonds. The Labute approximate surface area is 163 Å². The van der Waals surface area contributed by atoms with Crippen LogP contribution in [0.5, 0.6) is 11.5 Å². The molecule has 0 radical (unpaired) electrons. The van der Waals surface area contributed by atoms with Crippen molar-refractivity contribution < 1.29 is 19.0 Å². The van der Waals surface area contributed by atoms with Crippen LogP contribution in [0.1, 0.15) is 42.0 Å². The van der Waals surface area contributed by atoms with Crippen molar-refractivity contribution in [2.75, 3.05) is 13.7 Å². The summed E-state index contributed by atoms with van der Waals surface area (Å²) in [5.41, 5.74) is 2.10. The zero-order chi connectivity index (χ0) is 20.1. The first-order chi connectivity index (χ1) is 12.8. The second-order valence-corrected chi connectivity index (χ2v) is 6.85. The number of aromatic hydroxyl groups is 1. The van der Waals surface area contributed by atoms with E-state index in [-0.39, 0.29) is 36.2 Å². The summed E-state index contributed by atoms with van der Waals surface area (Å²) >= 11 is 6.40. The lowest BCUT2D eigenvalue weighted by atomic mass is 9.93. The van der Waals surface area contributed by atoms with Crippen LogP contribution in [0.4, 0.5) is 4.39 Å². The Bertz CT molecular complexity index is 865. The quantitative estimate of drug-likeness (QED) is 0.721. The Morgan fingerprint density at radius 1 is 1.41 bits per heavy atom. The first-order valence-corrected chi connectivity index (χ1v) is 8.94. The Balaban J connectivity index is 2.38. The predicted octanol–water partition coefficient (Wildman–Crippen LogP) is 4.67. The molecular weight excluding hydrogens is 369 g/mol. The maximum Gasteiger partial charge on any atom is 0.257 e. The molecule has 2 aromatic rings. The van der Waals surface area contributed by atoms with E-state index in [9.17, 15) is 14.3 Å². The van der Waals surface area contributed by atoms with Gasteiger partial charge >= 0.3 is 0 Å². The molecule has 2 rings (SSSR count). The molecule has 0 aliphatic heterocycles. The molecule has 27 heavy (non-hydrogen) atoms. The fraction of sp³-hybridized carbons (Fsp3) is 0.286. The number of carbonyl (C=O) groups is 1. The molecule has 0 bridgehead atoms. The minimum atomic E-state index is -0.434. The monoisotopic (exact) mass is 391 g/mol. The molecule has 0 unspecified atom stereocenters. The smallest absolute Gasteiger partial charge is 0.257 e. The van der Waals surface area contributed by atoms with E-state index >= 15 is 0 Å². The number of benzene rings is 2. The Kier molecular flexibility index (Phi) is 6.86. The van der Waals surface area contributed by atoms with Gasteiger partial charge in [-0.05, 0) is 40.8 Å². The highest BCUT2D eigenvalue weighted by atomic mass is 35.5. The van der Waals surface area contributed by atoms with E-state index in [4.69, 9.17) is 16.3 Å². The molecule has 0 fully saturated rings. The number of phenols is 1. The molecule has 6 heteroatoms. The molecule has 4 nitrogen and oxygen atoms in total. The Morgan fingerprint density at radius 2 is 2.11 bits per heavy atom. The molecule has 0 heterocycles. The highest BCUT2D eigenvalue weighted by Gasteiger charge is 2.18. The lowest BCUT2D eigenvalue weighted by Crippen LogP contribution is -2.24. The number of rotatable bonds is 7. The van der Waals surface area contributed by atoms with Gasteiger partial charge in [-0.25, -0.2) is 4.39 Å². The lowest BCUT2D eigenvalue weighted by Gasteiger charge is -2.16. The van der Waals surface area contributed by atoms with Gasteiger partial charge in [-0.15, -0.1) is 0 Å². The molecule has 0 aliphatic carbocycles. The average Bonchev–Trinajstić information content (AvgIpc) is 2.62. The van der Waals surface area contributed by atoms with Gasteiger partial charge in [-0.1, -0.05) is 44.2 Å². The van der Waals surface area contributed by atoms with Crippen molar-refractivity contribution in [2.45, 2.75) is 26.2 Å². The second-order valence-electron chi connectivity index (χ2n) is 6.44. The minimum Gasteiger partial charge on any atom is -0.508 e. The van der Waals surface area contributed by atoms with Gasteiger partial charge < -0.3 is 15.2 Å². The molecular formula is C21H23ClFNO3. The summed E-state index contributed by atoms with van der Waals surface area (Å²) < 4.78 is 20.3. The first-order valence-electron chi connectivity index (χ1n) is 8.56. The van der Waals surface area contributed by atoms with Gasteiger partial charge in [0.15, 0.2) is 6.61 Å². The maximum atomic E-state index is 14.9. The molecule has 144 valence electrons. The van der Waals surface area contributed by atoms with E-state index in [1.165, 1.54) is 13.1 Å². The number of phenolic OH excluding ortho intramolecular Hbond substituents is 1. The summed E-state index contributed by atoms with van der Waals surface area (Å²) in [5, 5.41) is 12.8. The van der Waals surface area contributed by atoms with Gasteiger partial charge in [0.2, 0.25) is 0 Å². The van der Waals surface area contributed by atoms with E-state index < -0.39 is 5.82 Å². The summed E-state index contributed by atoms with van der Waals surface area (Å²) in [6.45, 7) is 7.29. The van der Waals surface area contributed by atoms with Gasteiger partial charge in [0.05, 0.1) is 0 Å². The molecule has 0 saturated heterocycles. The number of amides is 1. The highest BCUT2D eigenvalue weighted by molar-refractivity contribution is 6.31. The third-order valence-corrected chi connectivity index (χ3v) is 4.59. The van der Waals surface area contributed by atoms with Crippen LogP contribution in [0, 0.1) is 5.82 Å². The van der Waals surface area contributed by atoms with Crippen LogP contribution in [0.15, 0.2) is 30.8 Å². The van der Waals surface area contributed by atoms with E-state index in [0.29, 0.717) is 27.5 Å². The predicted molar refractivity (Wildman–Crippen MR) is 106 cm³/mol. The number of ether oxygens (including phenoxy) is 1. The van der Waals surface area contributed by atoms with Crippen LogP contribution in [-0.2, 0) is 11.2 Å². The highest BCUT2D eigenvalue weighted by Crippen LogP contribution is 2.34. The number of likely N-dealkylation sites (N-methyl/N-ethyl adjacent to an activating group) is 1. The van der Waals surface area contributed by atoms with Crippen LogP contribution in [0.2, 0.25) is 5.02 Å². The van der Waals surface area contributed by atoms with Crippen molar-refractivity contribution in [3.05, 3.63) is 63.9 Å². The minimum absolute atomic E-state index is 0.0563. The number of hydrogen-bond donors (Lipinski definition) is 2. The number of carbonyl (C=O) groups excluding carboxylic acids is 1. The molecule has 0 aromatic heterocycles. The summed E-state index contributed by atoms with van der Waals surface area (Å²) in [4.78, 5) is 11.3. The van der Waals surface area contributed by atoms with Crippen LogP contribution in [0.3, 0.4) is 0 Å². The molecule has 0 atom stereocenters. The van der Waals surface area contributed by atoms with Gasteiger partial charge in [-0.3, -0.25) is 4.79 Å². The molecule has 0 spiro atoms. The number of halogens is 2. The van der Waals surface area contributed by atoms with Crippen molar-refractivity contribution in [1.29, 1.82) is 0 Å². The normalized spacial score (nSPS) is 10.7. The molecule has 0 aliphatic rings. The lowest BCUT2D eigenvalue weighted by molar-refractivity contribution is -0.122. The van der Waals surface area contributed by atoms with Crippen molar-refractivity contribution in [3.8, 4) is 11.5 Å². The fourth-order valence-corrected chi connectivity index (χ4v) is 3.09. The zero-order valence-corrected chi connectivity index (χ0v) is 16.4. The largest absolute Gasteiger partial charge is 0.508 e. The molecule has 2 N–H and O–H groups in total. The standard InChI is InChI=1S/C21H23ClFNO3/c1-5-13-8-15(27-11-19(26)24-4)10-17(22)16(13)9-14-6-7-18(25)20(12(2)3)21(14)23/h5-8,10,12,25H,1,9,11H2,2-4H3,(H,24,26). The summed E-state index contributed by atoms with van der Waals surface area (Å²) in [6, 6.07) is 6.35. The molecule has 0 saturated carbocycles. The zero-order valence-electron chi connectivity index (χ0n) is 15.6. The van der Waals surface area contributed by atoms with E-state index in [1.54, 1.807) is 24.3 Å². The van der Waals surface area contributed by atoms with Crippen LogP contribution >= 0.6 is 11.6 Å². The van der Waals surface area contributed by atoms with E-state index in [2.05, 4.69) is 11.9 Å². The molecule has 2 aromatic carbocycles. The van der Waals surface area contributed by atoms with Gasteiger partial charge in [0, 0.05) is 24.1 Å². The fourth-order valence-electron chi connectivity index (χ4n) is 2.81. The Morgan fingerprint density at radius 3 is 2.70 bits per heavy atom. The topological polar surface area (TPSA) is 58.6 Å². The summed E-state index contributed by atoms with van der Waals surface area (Å²) in [6.07, 6.45) is 1.84. The van der Waals surface area contributed by atoms with Crippen molar-refractivity contribution in [1.82, 2.24) is 5.32 Å². The third kappa shape index (κ3) is 4.80. The van der Waals surface area contributed by atoms with Gasteiger partial charge in [0.25, 0.3) is 5.91 Å². The van der Waals surface area contributed by atoms with Crippen LogP contribution in [-0.4, -0.2) is 24.7 Å². The van der Waals surface area contributed by atoms with Crippen LogP contribution in [0.25, 0.3) is 6.08 Å². The van der Waals surface area contributed by atoms with Crippen molar-refractivity contribution in [3.63, 3.8) is 0 Å². The Hall–Kier alpha value is -2.53. The van der Waals surface area contributed by atoms with Crippen molar-refractivity contribution in [2.24, 2.45) is 0 Å². The van der Waals surface area contributed by atoms with Gasteiger partial charge in [0.1, 0.15) is 17.3 Å². The van der Waals surface area contributed by atoms with E-state index in [0.717, 1.165) is 0 Å². The average molecular weight is 392 g/mol. The van der Waals surface area contributed by atoms with Gasteiger partial charge in [-0.2, -0.15) is 0 Å². The van der Waals surface area contributed by atoms with Crippen molar-refractivity contribution >= 4 is 23.6 Å². The first kappa shape index (κ1) is 20.8. The maximum absolute atomic E-state index is 14.9. The van der Waals surface area contributed by atoms with E-state index in [1.807, 2.05) is 13.8 Å². The third-order valence-electron chi connectivity index (χ3n) is 4.25. The summed E-state index contributed by atoms with van der Waals surface area (Å²) in [5.74, 6) is -0.478. The number of nitrogens with one attached hydrogen (secondary N) is 1. The summed E-state index contributed by atoms with van der Waals surface area (Å²) in [7, 11) is 1.52. The number of hydrogen-bond acceptors (Lipinski definition) is 3. The van der Waals surface area contributed by atoms with Crippen LogP contribution < -0.4 is 10.1 Å². The second kappa shape index (κ2) is 8.91.